The second kappa shape index (κ2) is 5.05. The lowest BCUT2D eigenvalue weighted by atomic mass is 9.91. The molecule has 0 radical (unpaired) electrons. The van der Waals surface area contributed by atoms with Crippen molar-refractivity contribution in [3.05, 3.63) is 29.0 Å². The molecular weight excluding hydrogens is 236 g/mol. The quantitative estimate of drug-likeness (QED) is 0.720. The lowest BCUT2D eigenvalue weighted by Crippen LogP contribution is -2.46. The van der Waals surface area contributed by atoms with Crippen LogP contribution in [-0.4, -0.2) is 28.4 Å². The molecule has 0 saturated carbocycles. The van der Waals surface area contributed by atoms with Crippen LogP contribution in [0.3, 0.4) is 0 Å². The van der Waals surface area contributed by atoms with Gasteiger partial charge in [-0.3, -0.25) is 4.79 Å². The molecule has 17 heavy (non-hydrogen) atoms. The van der Waals surface area contributed by atoms with Crippen molar-refractivity contribution in [2.75, 3.05) is 6.54 Å². The predicted octanol–water partition coefficient (Wildman–Crippen LogP) is 3.00. The maximum Gasteiger partial charge on any atom is 0.255 e. The fraction of sp³-hybridized carbons (Fsp3) is 0.538. The summed E-state index contributed by atoms with van der Waals surface area (Å²) < 4.78 is 0. The van der Waals surface area contributed by atoms with Crippen molar-refractivity contribution in [2.45, 2.75) is 32.7 Å². The van der Waals surface area contributed by atoms with Crippen LogP contribution in [0.5, 0.6) is 0 Å². The van der Waals surface area contributed by atoms with Crippen LogP contribution in [0, 0.1) is 5.92 Å². The zero-order valence-corrected chi connectivity index (χ0v) is 10.9. The summed E-state index contributed by atoms with van der Waals surface area (Å²) in [5.74, 6) is 0.626. The molecule has 0 spiro atoms. The molecule has 1 aliphatic rings. The van der Waals surface area contributed by atoms with Gasteiger partial charge in [-0.1, -0.05) is 18.5 Å². The van der Waals surface area contributed by atoms with E-state index in [9.17, 15) is 4.79 Å². The molecule has 3 nitrogen and oxygen atoms in total. The van der Waals surface area contributed by atoms with E-state index in [4.69, 9.17) is 11.6 Å². The number of carbonyl (C=O) groups is 1. The topological polar surface area (TPSA) is 33.2 Å². The van der Waals surface area contributed by atoms with Gasteiger partial charge in [-0.25, -0.2) is 4.98 Å². The number of halogens is 1. The lowest BCUT2D eigenvalue weighted by molar-refractivity contribution is 0.0550. The Bertz CT molecular complexity index is 404. The average molecular weight is 253 g/mol. The Balaban J connectivity index is 2.16. The van der Waals surface area contributed by atoms with Gasteiger partial charge < -0.3 is 4.90 Å². The molecule has 1 fully saturated rings. The Morgan fingerprint density at radius 1 is 1.47 bits per heavy atom. The molecule has 2 rings (SSSR count). The first-order valence-electron chi connectivity index (χ1n) is 6.02. The van der Waals surface area contributed by atoms with Crippen LogP contribution < -0.4 is 0 Å². The van der Waals surface area contributed by atoms with E-state index in [0.29, 0.717) is 22.7 Å². The van der Waals surface area contributed by atoms with E-state index in [1.54, 1.807) is 18.3 Å². The van der Waals surface area contributed by atoms with Crippen molar-refractivity contribution in [1.29, 1.82) is 0 Å². The Morgan fingerprint density at radius 3 is 2.88 bits per heavy atom. The minimum Gasteiger partial charge on any atom is -0.336 e. The molecule has 2 atom stereocenters. The van der Waals surface area contributed by atoms with Crippen LogP contribution in [-0.2, 0) is 0 Å². The Hall–Kier alpha value is -1.09. The molecular formula is C13H17ClN2O. The average Bonchev–Trinajstić information content (AvgIpc) is 2.33. The van der Waals surface area contributed by atoms with Crippen molar-refractivity contribution < 1.29 is 4.79 Å². The van der Waals surface area contributed by atoms with Gasteiger partial charge >= 0.3 is 0 Å². The number of piperidine rings is 1. The number of hydrogen-bond acceptors (Lipinski definition) is 2. The summed E-state index contributed by atoms with van der Waals surface area (Å²) in [5.41, 5.74) is 0.621. The first-order chi connectivity index (χ1) is 8.09. The molecule has 1 aromatic rings. The molecule has 0 bridgehead atoms. The smallest absolute Gasteiger partial charge is 0.255 e. The molecule has 1 saturated heterocycles. The van der Waals surface area contributed by atoms with E-state index in [2.05, 4.69) is 18.8 Å². The number of aromatic nitrogens is 1. The van der Waals surface area contributed by atoms with E-state index in [1.807, 2.05) is 4.90 Å². The van der Waals surface area contributed by atoms with Gasteiger partial charge in [0.1, 0.15) is 5.15 Å². The maximum atomic E-state index is 12.3. The Labute approximate surface area is 107 Å². The highest BCUT2D eigenvalue weighted by atomic mass is 35.5. The molecule has 4 heteroatoms. The summed E-state index contributed by atoms with van der Waals surface area (Å²) in [6.45, 7) is 5.16. The Morgan fingerprint density at radius 2 is 2.24 bits per heavy atom. The van der Waals surface area contributed by atoms with Gasteiger partial charge in [-0.05, 0) is 37.8 Å². The Kier molecular flexibility index (Phi) is 3.67. The maximum absolute atomic E-state index is 12.3. The van der Waals surface area contributed by atoms with Crippen LogP contribution in [0.15, 0.2) is 18.3 Å². The zero-order valence-electron chi connectivity index (χ0n) is 10.2. The third-order valence-corrected chi connectivity index (χ3v) is 3.83. The molecule has 1 aromatic heterocycles. The minimum atomic E-state index is 0.0632. The van der Waals surface area contributed by atoms with Crippen molar-refractivity contribution in [3.8, 4) is 0 Å². The number of carbonyl (C=O) groups excluding carboxylic acids is 1. The van der Waals surface area contributed by atoms with E-state index < -0.39 is 0 Å². The van der Waals surface area contributed by atoms with Gasteiger partial charge in [0, 0.05) is 18.8 Å². The second-order valence-electron chi connectivity index (χ2n) is 4.73. The van der Waals surface area contributed by atoms with E-state index >= 15 is 0 Å². The fourth-order valence-corrected chi connectivity index (χ4v) is 2.40. The highest BCUT2D eigenvalue weighted by Crippen LogP contribution is 2.24. The van der Waals surface area contributed by atoms with Gasteiger partial charge in [-0.15, -0.1) is 0 Å². The molecule has 0 aromatic carbocycles. The number of amides is 1. The molecule has 92 valence electrons. The van der Waals surface area contributed by atoms with Gasteiger partial charge in [0.05, 0.1) is 5.56 Å². The van der Waals surface area contributed by atoms with Crippen molar-refractivity contribution in [1.82, 2.24) is 9.88 Å². The SMILES string of the molecule is CC1CCCN(C(=O)c2ccc(Cl)nc2)C1C. The fourth-order valence-electron chi connectivity index (χ4n) is 2.29. The summed E-state index contributed by atoms with van der Waals surface area (Å²) >= 11 is 5.72. The van der Waals surface area contributed by atoms with Gasteiger partial charge in [-0.2, -0.15) is 0 Å². The number of pyridine rings is 1. The molecule has 1 aliphatic heterocycles. The zero-order chi connectivity index (χ0) is 12.4. The molecule has 2 heterocycles. The monoisotopic (exact) mass is 252 g/mol. The molecule has 0 aliphatic carbocycles. The second-order valence-corrected chi connectivity index (χ2v) is 5.12. The number of nitrogens with zero attached hydrogens (tertiary/aromatic N) is 2. The summed E-state index contributed by atoms with van der Waals surface area (Å²) in [7, 11) is 0. The van der Waals surface area contributed by atoms with Gasteiger partial charge in [0.15, 0.2) is 0 Å². The first kappa shape index (κ1) is 12.4. The molecule has 2 unspecified atom stereocenters. The minimum absolute atomic E-state index is 0.0632. The summed E-state index contributed by atoms with van der Waals surface area (Å²) in [6, 6.07) is 3.70. The van der Waals surface area contributed by atoms with Crippen LogP contribution in [0.2, 0.25) is 5.15 Å². The van der Waals surface area contributed by atoms with Crippen molar-refractivity contribution in [2.24, 2.45) is 5.92 Å². The van der Waals surface area contributed by atoms with Crippen LogP contribution >= 0.6 is 11.6 Å². The number of likely N-dealkylation sites (tertiary alicyclic amines) is 1. The van der Waals surface area contributed by atoms with Gasteiger partial charge in [0.25, 0.3) is 5.91 Å². The molecule has 1 amide bonds. The number of rotatable bonds is 1. The summed E-state index contributed by atoms with van der Waals surface area (Å²) in [6.07, 6.45) is 3.83. The number of hydrogen-bond donors (Lipinski definition) is 0. The van der Waals surface area contributed by atoms with E-state index in [-0.39, 0.29) is 5.91 Å². The van der Waals surface area contributed by atoms with E-state index in [1.165, 1.54) is 6.42 Å². The summed E-state index contributed by atoms with van der Waals surface area (Å²) in [4.78, 5) is 18.2. The summed E-state index contributed by atoms with van der Waals surface area (Å²) in [5, 5.41) is 0.418. The van der Waals surface area contributed by atoms with E-state index in [0.717, 1.165) is 13.0 Å². The largest absolute Gasteiger partial charge is 0.336 e. The van der Waals surface area contributed by atoms with Gasteiger partial charge in [0.2, 0.25) is 0 Å². The van der Waals surface area contributed by atoms with Crippen molar-refractivity contribution in [3.63, 3.8) is 0 Å². The third-order valence-electron chi connectivity index (χ3n) is 3.61. The van der Waals surface area contributed by atoms with Crippen LogP contribution in [0.1, 0.15) is 37.0 Å². The van der Waals surface area contributed by atoms with Crippen molar-refractivity contribution >= 4 is 17.5 Å². The predicted molar refractivity (Wildman–Crippen MR) is 68.1 cm³/mol. The standard InChI is InChI=1S/C13H17ClN2O/c1-9-4-3-7-16(10(9)2)13(17)11-5-6-12(14)15-8-11/h5-6,8-10H,3-4,7H2,1-2H3. The van der Waals surface area contributed by atoms with Crippen LogP contribution in [0.25, 0.3) is 0 Å². The third kappa shape index (κ3) is 2.60. The highest BCUT2D eigenvalue weighted by molar-refractivity contribution is 6.29. The van der Waals surface area contributed by atoms with Crippen LogP contribution in [0.4, 0.5) is 0 Å². The normalized spacial score (nSPS) is 24.8. The lowest BCUT2D eigenvalue weighted by Gasteiger charge is -2.37. The highest BCUT2D eigenvalue weighted by Gasteiger charge is 2.28. The first-order valence-corrected chi connectivity index (χ1v) is 6.40. The molecule has 0 N–H and O–H groups in total.